The van der Waals surface area contributed by atoms with Crippen LogP contribution in [-0.4, -0.2) is 47.9 Å². The van der Waals surface area contributed by atoms with Crippen molar-refractivity contribution < 1.29 is 29.7 Å². The zero-order chi connectivity index (χ0) is 14.9. The second kappa shape index (κ2) is 8.76. The molecule has 0 heterocycles. The van der Waals surface area contributed by atoms with Crippen molar-refractivity contribution in [2.75, 3.05) is 20.3 Å². The Labute approximate surface area is 113 Å². The van der Waals surface area contributed by atoms with E-state index >= 15 is 0 Å². The van der Waals surface area contributed by atoms with Gasteiger partial charge in [0.2, 0.25) is 0 Å². The predicted molar refractivity (Wildman–Crippen MR) is 71.8 cm³/mol. The number of hydrogen-bond donors (Lipinski definition) is 4. The van der Waals surface area contributed by atoms with Crippen LogP contribution in [0.3, 0.4) is 0 Å². The lowest BCUT2D eigenvalue weighted by molar-refractivity contribution is 0.0857. The smallest absolute Gasteiger partial charge is 0.512 e. The van der Waals surface area contributed by atoms with Crippen molar-refractivity contribution in [3.63, 3.8) is 0 Å². The van der Waals surface area contributed by atoms with Crippen LogP contribution in [0.2, 0.25) is 0 Å². The topological polar surface area (TPSA) is 99.4 Å². The Morgan fingerprint density at radius 2 is 1.63 bits per heavy atom. The molecule has 0 atom stereocenters. The second-order valence-corrected chi connectivity index (χ2v) is 4.60. The molecule has 0 unspecified atom stereocenters. The van der Waals surface area contributed by atoms with Crippen LogP contribution < -0.4 is 9.39 Å². The van der Waals surface area contributed by atoms with Gasteiger partial charge in [-0.2, -0.15) is 0 Å². The Kier molecular flexibility index (Phi) is 8.17. The van der Waals surface area contributed by atoms with Gasteiger partial charge in [-0.1, -0.05) is 19.9 Å². The molecule has 0 aliphatic carbocycles. The fraction of sp³-hybridized carbons (Fsp3) is 0.500. The van der Waals surface area contributed by atoms with Gasteiger partial charge in [-0.05, 0) is 12.1 Å². The molecule has 19 heavy (non-hydrogen) atoms. The molecule has 0 bridgehead atoms. The zero-order valence-electron chi connectivity index (χ0n) is 11.4. The van der Waals surface area contributed by atoms with Crippen LogP contribution in [0.5, 0.6) is 11.5 Å². The Balaban J connectivity index is 0.000000399. The van der Waals surface area contributed by atoms with E-state index in [0.29, 0.717) is 11.5 Å². The highest BCUT2D eigenvalue weighted by atomic mass is 16.6. The minimum atomic E-state index is -1.79. The lowest BCUT2D eigenvalue weighted by Crippen LogP contribution is -2.20. The highest BCUT2D eigenvalue weighted by molar-refractivity contribution is 6.33. The molecule has 0 radical (unpaired) electrons. The van der Waals surface area contributed by atoms with Crippen molar-refractivity contribution in [2.45, 2.75) is 13.8 Å². The number of benzene rings is 1. The van der Waals surface area contributed by atoms with Gasteiger partial charge < -0.3 is 29.7 Å². The first kappa shape index (κ1) is 17.7. The molecule has 0 aromatic heterocycles. The fourth-order valence-corrected chi connectivity index (χ4v) is 0.846. The maximum absolute atomic E-state index is 8.46. The normalized spacial score (nSPS) is 10.3. The van der Waals surface area contributed by atoms with Crippen LogP contribution in [0, 0.1) is 5.41 Å². The average molecular weight is 272 g/mol. The molecule has 0 amide bonds. The fourth-order valence-electron chi connectivity index (χ4n) is 0.846. The van der Waals surface area contributed by atoms with Crippen molar-refractivity contribution >= 4 is 7.32 Å². The van der Waals surface area contributed by atoms with Gasteiger partial charge in [0, 0.05) is 11.5 Å². The number of hydrogen-bond acceptors (Lipinski definition) is 6. The van der Waals surface area contributed by atoms with E-state index in [1.165, 1.54) is 7.11 Å². The Morgan fingerprint density at radius 3 is 2.00 bits per heavy atom. The molecule has 6 nitrogen and oxygen atoms in total. The maximum atomic E-state index is 8.46. The molecule has 1 aromatic carbocycles. The second-order valence-electron chi connectivity index (χ2n) is 4.60. The summed E-state index contributed by atoms with van der Waals surface area (Å²) in [6, 6.07) is 6.58. The third-order valence-corrected chi connectivity index (χ3v) is 2.14. The number of rotatable bonds is 5. The molecule has 1 rings (SSSR count). The highest BCUT2D eigenvalue weighted by Crippen LogP contribution is 2.18. The summed E-state index contributed by atoms with van der Waals surface area (Å²) in [6.45, 7) is 3.69. The van der Waals surface area contributed by atoms with E-state index in [4.69, 9.17) is 25.0 Å². The van der Waals surface area contributed by atoms with Gasteiger partial charge in [-0.3, -0.25) is 0 Å². The van der Waals surface area contributed by atoms with Crippen molar-refractivity contribution in [1.29, 1.82) is 0 Å². The maximum Gasteiger partial charge on any atom is 0.707 e. The number of ether oxygens (including phenoxy) is 1. The molecule has 0 fully saturated rings. The van der Waals surface area contributed by atoms with E-state index in [-0.39, 0.29) is 18.6 Å². The first-order valence-corrected chi connectivity index (χ1v) is 5.73. The quantitative estimate of drug-likeness (QED) is 0.565. The van der Waals surface area contributed by atoms with E-state index in [0.717, 1.165) is 0 Å². The standard InChI is InChI=1S/C7H9BO4.C5H12O2/c1-11-6-3-2-4-7(5-6)12-8(9)10;1-5(2,3-6)4-7/h2-5,9-10H,1H3;6-7H,3-4H2,1-2H3. The van der Waals surface area contributed by atoms with Gasteiger partial charge >= 0.3 is 7.32 Å². The molecule has 108 valence electrons. The van der Waals surface area contributed by atoms with E-state index in [1.54, 1.807) is 38.1 Å². The van der Waals surface area contributed by atoms with Gasteiger partial charge in [0.1, 0.15) is 11.5 Å². The molecular weight excluding hydrogens is 251 g/mol. The summed E-state index contributed by atoms with van der Waals surface area (Å²) in [4.78, 5) is 0. The van der Waals surface area contributed by atoms with Gasteiger partial charge in [0.05, 0.1) is 20.3 Å². The lowest BCUT2D eigenvalue weighted by Gasteiger charge is -2.16. The summed E-state index contributed by atoms with van der Waals surface area (Å²) >= 11 is 0. The molecule has 0 saturated carbocycles. The van der Waals surface area contributed by atoms with E-state index in [1.807, 2.05) is 0 Å². The van der Waals surface area contributed by atoms with Crippen molar-refractivity contribution in [3.8, 4) is 11.5 Å². The largest absolute Gasteiger partial charge is 0.707 e. The van der Waals surface area contributed by atoms with Crippen molar-refractivity contribution in [3.05, 3.63) is 24.3 Å². The third kappa shape index (κ3) is 8.44. The van der Waals surface area contributed by atoms with E-state index < -0.39 is 7.32 Å². The average Bonchev–Trinajstić information content (AvgIpc) is 2.39. The van der Waals surface area contributed by atoms with Crippen molar-refractivity contribution in [2.24, 2.45) is 5.41 Å². The first-order valence-electron chi connectivity index (χ1n) is 5.73. The van der Waals surface area contributed by atoms with Gasteiger partial charge in [-0.15, -0.1) is 0 Å². The molecule has 1 aromatic rings. The number of aliphatic hydroxyl groups excluding tert-OH is 2. The van der Waals surface area contributed by atoms with Crippen LogP contribution in [0.4, 0.5) is 0 Å². The summed E-state index contributed by atoms with van der Waals surface area (Å²) in [5, 5.41) is 33.8. The van der Waals surface area contributed by atoms with Crippen molar-refractivity contribution in [1.82, 2.24) is 0 Å². The van der Waals surface area contributed by atoms with E-state index in [2.05, 4.69) is 4.65 Å². The molecule has 0 aliphatic heterocycles. The molecular formula is C12H21BO6. The molecule has 0 saturated heterocycles. The number of methoxy groups -OCH3 is 1. The number of aliphatic hydroxyl groups is 2. The van der Waals surface area contributed by atoms with E-state index in [9.17, 15) is 0 Å². The monoisotopic (exact) mass is 272 g/mol. The summed E-state index contributed by atoms with van der Waals surface area (Å²) < 4.78 is 9.48. The Bertz CT molecular complexity index is 350. The van der Waals surface area contributed by atoms with Crippen LogP contribution in [0.25, 0.3) is 0 Å². The Hall–Kier alpha value is -1.28. The molecule has 0 aliphatic rings. The third-order valence-electron chi connectivity index (χ3n) is 2.14. The minimum Gasteiger partial charge on any atom is -0.512 e. The summed E-state index contributed by atoms with van der Waals surface area (Å²) in [6.07, 6.45) is 0. The predicted octanol–water partition coefficient (Wildman–Crippen LogP) is 0.0407. The summed E-state index contributed by atoms with van der Waals surface area (Å²) in [5.74, 6) is 0.956. The van der Waals surface area contributed by atoms with Gasteiger partial charge in [0.25, 0.3) is 0 Å². The summed E-state index contributed by atoms with van der Waals surface area (Å²) in [7, 11) is -0.272. The molecule has 4 N–H and O–H groups in total. The van der Waals surface area contributed by atoms with Crippen LogP contribution in [0.1, 0.15) is 13.8 Å². The van der Waals surface area contributed by atoms with Crippen LogP contribution in [-0.2, 0) is 0 Å². The van der Waals surface area contributed by atoms with Gasteiger partial charge in [0.15, 0.2) is 0 Å². The van der Waals surface area contributed by atoms with Gasteiger partial charge in [-0.25, -0.2) is 0 Å². The first-order chi connectivity index (χ1) is 8.84. The zero-order valence-corrected chi connectivity index (χ0v) is 11.4. The SMILES string of the molecule is CC(C)(CO)CO.COc1cccc(OB(O)O)c1. The summed E-state index contributed by atoms with van der Waals surface area (Å²) in [5.41, 5.74) is -0.306. The minimum absolute atomic E-state index is 0.0451. The van der Waals surface area contributed by atoms with Crippen LogP contribution >= 0.6 is 0 Å². The molecule has 7 heteroatoms. The lowest BCUT2D eigenvalue weighted by atomic mass is 9.97. The molecule has 0 spiro atoms. The Morgan fingerprint density at radius 1 is 1.11 bits per heavy atom. The highest BCUT2D eigenvalue weighted by Gasteiger charge is 2.13. The van der Waals surface area contributed by atoms with Crippen LogP contribution in [0.15, 0.2) is 24.3 Å².